The first-order chi connectivity index (χ1) is 7.79. The largest absolute Gasteiger partial charge is 0.330 e. The Labute approximate surface area is 103 Å². The highest BCUT2D eigenvalue weighted by Gasteiger charge is 2.32. The van der Waals surface area contributed by atoms with E-state index < -0.39 is 20.0 Å². The summed E-state index contributed by atoms with van der Waals surface area (Å²) in [5, 5.41) is 0. The van der Waals surface area contributed by atoms with Crippen molar-refractivity contribution in [3.8, 4) is 0 Å². The highest BCUT2D eigenvalue weighted by Crippen LogP contribution is 2.12. The Hall–Kier alpha value is -0.220. The summed E-state index contributed by atoms with van der Waals surface area (Å²) in [6.45, 7) is 0.853. The molecule has 17 heavy (non-hydrogen) atoms. The molecular formula is C8H19N3O4S2. The van der Waals surface area contributed by atoms with Gasteiger partial charge in [0.25, 0.3) is 10.2 Å². The first kappa shape index (κ1) is 14.8. The van der Waals surface area contributed by atoms with Gasteiger partial charge in [-0.05, 0) is 13.0 Å². The number of rotatable bonds is 5. The van der Waals surface area contributed by atoms with E-state index in [0.29, 0.717) is 19.5 Å². The molecule has 7 nitrogen and oxygen atoms in total. The van der Waals surface area contributed by atoms with Crippen LogP contribution in [0, 0.1) is 0 Å². The molecule has 1 aliphatic heterocycles. The lowest BCUT2D eigenvalue weighted by molar-refractivity contribution is 0.370. The van der Waals surface area contributed by atoms with Gasteiger partial charge in [0.15, 0.2) is 9.84 Å². The van der Waals surface area contributed by atoms with Crippen molar-refractivity contribution in [3.63, 3.8) is 0 Å². The van der Waals surface area contributed by atoms with E-state index in [2.05, 4.69) is 0 Å². The van der Waals surface area contributed by atoms with Crippen LogP contribution in [0.3, 0.4) is 0 Å². The molecule has 0 saturated carbocycles. The van der Waals surface area contributed by atoms with E-state index >= 15 is 0 Å². The highest BCUT2D eigenvalue weighted by atomic mass is 32.2. The van der Waals surface area contributed by atoms with Crippen LogP contribution in [0.1, 0.15) is 6.42 Å². The molecule has 0 aromatic rings. The fourth-order valence-electron chi connectivity index (χ4n) is 1.55. The van der Waals surface area contributed by atoms with E-state index in [-0.39, 0.29) is 24.6 Å². The molecule has 1 fully saturated rings. The van der Waals surface area contributed by atoms with Gasteiger partial charge in [-0.25, -0.2) is 8.42 Å². The molecular weight excluding hydrogens is 266 g/mol. The van der Waals surface area contributed by atoms with E-state index in [1.807, 2.05) is 0 Å². The zero-order valence-electron chi connectivity index (χ0n) is 9.87. The van der Waals surface area contributed by atoms with Crippen molar-refractivity contribution in [3.05, 3.63) is 0 Å². The number of nitrogens with two attached hydrogens (primary N) is 1. The summed E-state index contributed by atoms with van der Waals surface area (Å²) in [4.78, 5) is 0. The van der Waals surface area contributed by atoms with Gasteiger partial charge in [-0.1, -0.05) is 0 Å². The topological polar surface area (TPSA) is 101 Å². The Balaban J connectivity index is 2.66. The third-order valence-corrected chi connectivity index (χ3v) is 6.30. The Morgan fingerprint density at radius 2 is 1.82 bits per heavy atom. The summed E-state index contributed by atoms with van der Waals surface area (Å²) >= 11 is 0. The number of sulfone groups is 1. The Bertz CT molecular complexity index is 431. The highest BCUT2D eigenvalue weighted by molar-refractivity contribution is 7.91. The number of hydrogen-bond acceptors (Lipinski definition) is 5. The molecule has 1 rings (SSSR count). The second kappa shape index (κ2) is 5.61. The lowest BCUT2D eigenvalue weighted by Crippen LogP contribution is -2.49. The molecule has 0 unspecified atom stereocenters. The maximum atomic E-state index is 12.0. The normalized spacial score (nSPS) is 21.8. The number of nitrogens with zero attached hydrogens (tertiary/aromatic N) is 2. The monoisotopic (exact) mass is 285 g/mol. The average molecular weight is 285 g/mol. The van der Waals surface area contributed by atoms with Crippen LogP contribution >= 0.6 is 0 Å². The molecule has 102 valence electrons. The van der Waals surface area contributed by atoms with E-state index in [1.54, 1.807) is 0 Å². The zero-order valence-corrected chi connectivity index (χ0v) is 11.5. The van der Waals surface area contributed by atoms with Gasteiger partial charge in [-0.15, -0.1) is 0 Å². The molecule has 1 aliphatic rings. The maximum absolute atomic E-state index is 12.0. The fourth-order valence-corrected chi connectivity index (χ4v) is 4.38. The first-order valence-corrected chi connectivity index (χ1v) is 8.63. The van der Waals surface area contributed by atoms with Crippen molar-refractivity contribution in [2.75, 3.05) is 44.7 Å². The first-order valence-electron chi connectivity index (χ1n) is 5.41. The molecule has 0 bridgehead atoms. The van der Waals surface area contributed by atoms with Crippen molar-refractivity contribution in [1.82, 2.24) is 8.61 Å². The molecule has 0 atom stereocenters. The summed E-state index contributed by atoms with van der Waals surface area (Å²) in [6, 6.07) is 0. The predicted octanol–water partition coefficient (Wildman–Crippen LogP) is -1.76. The van der Waals surface area contributed by atoms with Crippen LogP contribution < -0.4 is 5.73 Å². The zero-order chi connectivity index (χ0) is 13.1. The van der Waals surface area contributed by atoms with Crippen molar-refractivity contribution in [1.29, 1.82) is 0 Å². The van der Waals surface area contributed by atoms with Gasteiger partial charge in [-0.2, -0.15) is 17.0 Å². The van der Waals surface area contributed by atoms with E-state index in [0.717, 1.165) is 0 Å². The van der Waals surface area contributed by atoms with E-state index in [4.69, 9.17) is 5.73 Å². The summed E-state index contributed by atoms with van der Waals surface area (Å²) in [7, 11) is -5.12. The van der Waals surface area contributed by atoms with Gasteiger partial charge < -0.3 is 5.73 Å². The molecule has 0 amide bonds. The molecule has 1 saturated heterocycles. The van der Waals surface area contributed by atoms with Gasteiger partial charge in [0.1, 0.15) is 0 Å². The smallest absolute Gasteiger partial charge is 0.281 e. The van der Waals surface area contributed by atoms with E-state index in [9.17, 15) is 16.8 Å². The van der Waals surface area contributed by atoms with Gasteiger partial charge in [0.2, 0.25) is 0 Å². The SMILES string of the molecule is CN(CCCN)S(=O)(=O)N1CCS(=O)(=O)CC1. The number of hydrogen-bond donors (Lipinski definition) is 1. The molecule has 0 spiro atoms. The van der Waals surface area contributed by atoms with Crippen LogP contribution in [0.5, 0.6) is 0 Å². The standard InChI is InChI=1S/C8H19N3O4S2/c1-10(4-2-3-9)17(14,15)11-5-7-16(12,13)8-6-11/h2-9H2,1H3. The fraction of sp³-hybridized carbons (Fsp3) is 1.00. The van der Waals surface area contributed by atoms with Crippen molar-refractivity contribution < 1.29 is 16.8 Å². The van der Waals surface area contributed by atoms with Crippen LogP contribution in [0.25, 0.3) is 0 Å². The molecule has 0 aliphatic carbocycles. The molecule has 0 aromatic heterocycles. The molecule has 1 heterocycles. The predicted molar refractivity (Wildman–Crippen MR) is 65.4 cm³/mol. The minimum absolute atomic E-state index is 0.0393. The van der Waals surface area contributed by atoms with Gasteiger partial charge in [0.05, 0.1) is 11.5 Å². The second-order valence-corrected chi connectivity index (χ2v) is 8.36. The van der Waals surface area contributed by atoms with E-state index in [1.165, 1.54) is 15.7 Å². The Morgan fingerprint density at radius 3 is 2.29 bits per heavy atom. The maximum Gasteiger partial charge on any atom is 0.281 e. The molecule has 9 heteroatoms. The minimum atomic E-state index is -3.54. The third-order valence-electron chi connectivity index (χ3n) is 2.70. The van der Waals surface area contributed by atoms with Crippen LogP contribution in [0.15, 0.2) is 0 Å². The second-order valence-electron chi connectivity index (χ2n) is 4.02. The summed E-state index contributed by atoms with van der Waals surface area (Å²) in [6.07, 6.45) is 0.585. The van der Waals surface area contributed by atoms with Gasteiger partial charge >= 0.3 is 0 Å². The van der Waals surface area contributed by atoms with Crippen LogP contribution in [0.4, 0.5) is 0 Å². The third kappa shape index (κ3) is 3.88. The van der Waals surface area contributed by atoms with Gasteiger partial charge in [0, 0.05) is 26.7 Å². The van der Waals surface area contributed by atoms with Crippen LogP contribution in [0.2, 0.25) is 0 Å². The van der Waals surface area contributed by atoms with Crippen LogP contribution in [-0.2, 0) is 20.0 Å². The quantitative estimate of drug-likeness (QED) is 0.645. The minimum Gasteiger partial charge on any atom is -0.330 e. The molecule has 0 radical (unpaired) electrons. The Kier molecular flexibility index (Phi) is 4.90. The average Bonchev–Trinajstić information content (AvgIpc) is 2.25. The van der Waals surface area contributed by atoms with Crippen molar-refractivity contribution in [2.45, 2.75) is 6.42 Å². The van der Waals surface area contributed by atoms with Crippen LogP contribution in [-0.4, -0.2) is 70.2 Å². The summed E-state index contributed by atoms with van der Waals surface area (Å²) < 4.78 is 48.9. The molecule has 2 N–H and O–H groups in total. The Morgan fingerprint density at radius 1 is 1.29 bits per heavy atom. The lowest BCUT2D eigenvalue weighted by Gasteiger charge is -2.29. The summed E-state index contributed by atoms with van der Waals surface area (Å²) in [5.41, 5.74) is 5.32. The lowest BCUT2D eigenvalue weighted by atomic mass is 10.4. The van der Waals surface area contributed by atoms with Crippen molar-refractivity contribution in [2.24, 2.45) is 5.73 Å². The molecule has 0 aromatic carbocycles. The summed E-state index contributed by atoms with van der Waals surface area (Å²) in [5.74, 6) is -0.200. The van der Waals surface area contributed by atoms with Crippen molar-refractivity contribution >= 4 is 20.0 Å². The van der Waals surface area contributed by atoms with Gasteiger partial charge in [-0.3, -0.25) is 0 Å².